The summed E-state index contributed by atoms with van der Waals surface area (Å²) in [5, 5.41) is 13.5. The molecule has 1 aromatic heterocycles. The predicted molar refractivity (Wildman–Crippen MR) is 107 cm³/mol. The van der Waals surface area contributed by atoms with Crippen LogP contribution in [-0.2, 0) is 10.0 Å². The summed E-state index contributed by atoms with van der Waals surface area (Å²) in [4.78, 5) is 26.4. The number of hydrogen-bond acceptors (Lipinski definition) is 6. The van der Waals surface area contributed by atoms with Crippen molar-refractivity contribution in [2.45, 2.75) is 11.8 Å². The van der Waals surface area contributed by atoms with Gasteiger partial charge in [0.2, 0.25) is 0 Å². The lowest BCUT2D eigenvalue weighted by atomic mass is 10.2. The molecule has 0 aliphatic carbocycles. The number of anilines is 2. The van der Waals surface area contributed by atoms with Crippen LogP contribution < -0.4 is 10.0 Å². The van der Waals surface area contributed by atoms with Crippen molar-refractivity contribution in [2.24, 2.45) is 0 Å². The van der Waals surface area contributed by atoms with E-state index >= 15 is 0 Å². The topological polar surface area (TPSA) is 131 Å². The molecule has 29 heavy (non-hydrogen) atoms. The number of carbonyl (C=O) groups is 1. The molecule has 0 spiro atoms. The third-order valence-corrected chi connectivity index (χ3v) is 5.36. The van der Waals surface area contributed by atoms with Gasteiger partial charge in [-0.3, -0.25) is 19.6 Å². The van der Waals surface area contributed by atoms with Crippen LogP contribution in [-0.4, -0.2) is 24.2 Å². The van der Waals surface area contributed by atoms with E-state index in [0.29, 0.717) is 11.4 Å². The van der Waals surface area contributed by atoms with E-state index in [1.807, 2.05) is 13.0 Å². The first-order valence-electron chi connectivity index (χ1n) is 8.36. The largest absolute Gasteiger partial charge is 0.306 e. The number of pyridine rings is 1. The van der Waals surface area contributed by atoms with E-state index in [4.69, 9.17) is 0 Å². The molecule has 1 heterocycles. The molecule has 0 aliphatic heterocycles. The molecule has 2 aromatic carbocycles. The number of nitrogens with zero attached hydrogens (tertiary/aromatic N) is 2. The fourth-order valence-corrected chi connectivity index (χ4v) is 3.56. The minimum absolute atomic E-state index is 0.210. The van der Waals surface area contributed by atoms with Gasteiger partial charge in [0.05, 0.1) is 9.82 Å². The van der Waals surface area contributed by atoms with Gasteiger partial charge in [-0.1, -0.05) is 12.1 Å². The van der Waals surface area contributed by atoms with E-state index in [-0.39, 0.29) is 22.2 Å². The summed E-state index contributed by atoms with van der Waals surface area (Å²) in [5.74, 6) is 0.0489. The third kappa shape index (κ3) is 4.74. The molecule has 3 aromatic rings. The summed E-state index contributed by atoms with van der Waals surface area (Å²) in [5.41, 5.74) is 1.00. The van der Waals surface area contributed by atoms with Gasteiger partial charge in [-0.25, -0.2) is 13.4 Å². The highest BCUT2D eigenvalue weighted by Crippen LogP contribution is 2.21. The number of nitrogens with one attached hydrogen (secondary N) is 2. The summed E-state index contributed by atoms with van der Waals surface area (Å²) >= 11 is 0. The summed E-state index contributed by atoms with van der Waals surface area (Å²) < 4.78 is 27.2. The Balaban J connectivity index is 1.75. The number of aryl methyl sites for hydroxylation is 1. The van der Waals surface area contributed by atoms with E-state index in [9.17, 15) is 23.3 Å². The number of aromatic nitrogens is 1. The number of amides is 1. The number of sulfonamides is 1. The Bertz CT molecular complexity index is 1180. The van der Waals surface area contributed by atoms with Gasteiger partial charge in [0.25, 0.3) is 21.6 Å². The van der Waals surface area contributed by atoms with Crippen LogP contribution >= 0.6 is 0 Å². The van der Waals surface area contributed by atoms with Crippen LogP contribution in [0.4, 0.5) is 17.2 Å². The molecule has 148 valence electrons. The first-order valence-corrected chi connectivity index (χ1v) is 9.85. The molecule has 1 amide bonds. The third-order valence-electron chi connectivity index (χ3n) is 3.98. The Morgan fingerprint density at radius 2 is 1.79 bits per heavy atom. The van der Waals surface area contributed by atoms with E-state index in [2.05, 4.69) is 15.0 Å². The van der Waals surface area contributed by atoms with Gasteiger partial charge in [-0.05, 0) is 48.9 Å². The van der Waals surface area contributed by atoms with Gasteiger partial charge >= 0.3 is 0 Å². The molecule has 0 bridgehead atoms. The van der Waals surface area contributed by atoms with E-state index in [1.165, 1.54) is 42.5 Å². The van der Waals surface area contributed by atoms with Crippen molar-refractivity contribution < 1.29 is 18.1 Å². The fraction of sp³-hybridized carbons (Fsp3) is 0.0526. The summed E-state index contributed by atoms with van der Waals surface area (Å²) in [6.07, 6.45) is 1.56. The maximum absolute atomic E-state index is 12.5. The number of nitro benzene ring substituents is 1. The monoisotopic (exact) mass is 412 g/mol. The van der Waals surface area contributed by atoms with Crippen LogP contribution in [0.15, 0.2) is 71.8 Å². The van der Waals surface area contributed by atoms with E-state index in [0.717, 1.165) is 11.6 Å². The summed E-state index contributed by atoms with van der Waals surface area (Å²) in [6.45, 7) is 1.81. The van der Waals surface area contributed by atoms with E-state index in [1.54, 1.807) is 12.3 Å². The van der Waals surface area contributed by atoms with Crippen molar-refractivity contribution in [3.63, 3.8) is 0 Å². The van der Waals surface area contributed by atoms with Crippen LogP contribution in [0.1, 0.15) is 15.9 Å². The lowest BCUT2D eigenvalue weighted by Crippen LogP contribution is -2.15. The Hall–Kier alpha value is -3.79. The van der Waals surface area contributed by atoms with Gasteiger partial charge < -0.3 is 5.32 Å². The van der Waals surface area contributed by atoms with Crippen molar-refractivity contribution in [3.05, 3.63) is 88.1 Å². The summed E-state index contributed by atoms with van der Waals surface area (Å²) in [7, 11) is -4.02. The molecule has 0 saturated heterocycles. The van der Waals surface area contributed by atoms with Crippen molar-refractivity contribution in [2.75, 3.05) is 10.0 Å². The van der Waals surface area contributed by atoms with Crippen molar-refractivity contribution >= 4 is 33.1 Å². The van der Waals surface area contributed by atoms with Crippen molar-refractivity contribution in [1.82, 2.24) is 4.98 Å². The summed E-state index contributed by atoms with van der Waals surface area (Å²) in [6, 6.07) is 14.1. The highest BCUT2D eigenvalue weighted by Gasteiger charge is 2.18. The zero-order valence-corrected chi connectivity index (χ0v) is 16.0. The minimum atomic E-state index is -4.02. The van der Waals surface area contributed by atoms with Crippen LogP contribution in [0.3, 0.4) is 0 Å². The van der Waals surface area contributed by atoms with Gasteiger partial charge in [-0.15, -0.1) is 0 Å². The zero-order chi connectivity index (χ0) is 21.0. The normalized spacial score (nSPS) is 10.9. The first-order chi connectivity index (χ1) is 13.8. The number of benzene rings is 2. The standard InChI is InChI=1S/C19H16N4O5S/c1-13-4-3-11-20-18(13)21-19(24)14-7-9-15(10-8-14)22-29(27,28)17-6-2-5-16(12-17)23(25)26/h2-12,22H,1H3,(H,20,21,24). The highest BCUT2D eigenvalue weighted by molar-refractivity contribution is 7.92. The first kappa shape index (κ1) is 20.0. The molecule has 9 nitrogen and oxygen atoms in total. The fourth-order valence-electron chi connectivity index (χ4n) is 2.46. The molecule has 0 atom stereocenters. The highest BCUT2D eigenvalue weighted by atomic mass is 32.2. The van der Waals surface area contributed by atoms with Crippen LogP contribution in [0.5, 0.6) is 0 Å². The molecule has 0 aliphatic rings. The number of rotatable bonds is 6. The van der Waals surface area contributed by atoms with Gasteiger partial charge in [-0.2, -0.15) is 0 Å². The molecule has 0 radical (unpaired) electrons. The molecule has 0 fully saturated rings. The van der Waals surface area contributed by atoms with Crippen LogP contribution in [0.25, 0.3) is 0 Å². The van der Waals surface area contributed by atoms with Crippen molar-refractivity contribution in [3.8, 4) is 0 Å². The second-order valence-electron chi connectivity index (χ2n) is 6.06. The molecule has 10 heteroatoms. The molecular weight excluding hydrogens is 396 g/mol. The quantitative estimate of drug-likeness (QED) is 0.471. The Labute approximate surface area is 166 Å². The van der Waals surface area contributed by atoms with E-state index < -0.39 is 14.9 Å². The average molecular weight is 412 g/mol. The van der Waals surface area contributed by atoms with Gasteiger partial charge in [0.15, 0.2) is 0 Å². The molecule has 0 saturated carbocycles. The maximum atomic E-state index is 12.5. The number of nitro groups is 1. The molecule has 0 unspecified atom stereocenters. The van der Waals surface area contributed by atoms with Crippen LogP contribution in [0.2, 0.25) is 0 Å². The van der Waals surface area contributed by atoms with Crippen molar-refractivity contribution in [1.29, 1.82) is 0 Å². The minimum Gasteiger partial charge on any atom is -0.306 e. The SMILES string of the molecule is Cc1cccnc1NC(=O)c1ccc(NS(=O)(=O)c2cccc([N+](=O)[O-])c2)cc1. The smallest absolute Gasteiger partial charge is 0.270 e. The van der Waals surface area contributed by atoms with Gasteiger partial charge in [0.1, 0.15) is 5.82 Å². The maximum Gasteiger partial charge on any atom is 0.270 e. The Morgan fingerprint density at radius 1 is 1.07 bits per heavy atom. The Kier molecular flexibility index (Phi) is 5.55. The predicted octanol–water partition coefficient (Wildman–Crippen LogP) is 3.35. The second-order valence-corrected chi connectivity index (χ2v) is 7.74. The lowest BCUT2D eigenvalue weighted by molar-refractivity contribution is -0.385. The number of hydrogen-bond donors (Lipinski definition) is 2. The number of non-ortho nitro benzene ring substituents is 1. The Morgan fingerprint density at radius 3 is 2.45 bits per heavy atom. The van der Waals surface area contributed by atoms with Gasteiger partial charge in [0, 0.05) is 29.6 Å². The lowest BCUT2D eigenvalue weighted by Gasteiger charge is -2.10. The zero-order valence-electron chi connectivity index (χ0n) is 15.2. The second kappa shape index (κ2) is 8.07. The molecule has 2 N–H and O–H groups in total. The molecule has 3 rings (SSSR count). The number of carbonyl (C=O) groups excluding carboxylic acids is 1. The van der Waals surface area contributed by atoms with Crippen LogP contribution in [0, 0.1) is 17.0 Å². The average Bonchev–Trinajstić information content (AvgIpc) is 2.70. The molecular formula is C19H16N4O5S.